The molecule has 0 amide bonds. The highest BCUT2D eigenvalue weighted by Gasteiger charge is 2.18. The van der Waals surface area contributed by atoms with Gasteiger partial charge in [0.1, 0.15) is 5.69 Å². The fourth-order valence-electron chi connectivity index (χ4n) is 2.35. The Labute approximate surface area is 117 Å². The number of carboxylic acids is 1. The van der Waals surface area contributed by atoms with Gasteiger partial charge in [-0.05, 0) is 42.7 Å². The van der Waals surface area contributed by atoms with Crippen LogP contribution in [0.1, 0.15) is 39.8 Å². The second-order valence-electron chi connectivity index (χ2n) is 4.85. The van der Waals surface area contributed by atoms with E-state index in [4.69, 9.17) is 5.11 Å². The van der Waals surface area contributed by atoms with E-state index in [2.05, 4.69) is 6.58 Å². The summed E-state index contributed by atoms with van der Waals surface area (Å²) in [5, 5.41) is 9.95. The predicted octanol–water partition coefficient (Wildman–Crippen LogP) is 3.33. The Morgan fingerprint density at radius 2 is 2.00 bits per heavy atom. The average Bonchev–Trinajstić information content (AvgIpc) is 2.76. The fraction of sp³-hybridized carbons (Fsp3) is 0.250. The van der Waals surface area contributed by atoms with Crippen LogP contribution in [0.4, 0.5) is 0 Å². The van der Waals surface area contributed by atoms with Crippen molar-refractivity contribution in [1.82, 2.24) is 4.57 Å². The van der Waals surface area contributed by atoms with Crippen molar-refractivity contribution in [3.05, 3.63) is 47.2 Å². The van der Waals surface area contributed by atoms with Gasteiger partial charge in [0.2, 0.25) is 0 Å². The second-order valence-corrected chi connectivity index (χ2v) is 4.85. The van der Waals surface area contributed by atoms with Gasteiger partial charge in [-0.25, -0.2) is 4.79 Å². The molecular weight excluding hydrogens is 254 g/mol. The van der Waals surface area contributed by atoms with Crippen LogP contribution >= 0.6 is 0 Å². The molecule has 0 atom stereocenters. The maximum atomic E-state index is 12.2. The summed E-state index contributed by atoms with van der Waals surface area (Å²) in [4.78, 5) is 23.4. The molecule has 20 heavy (non-hydrogen) atoms. The first-order valence-corrected chi connectivity index (χ1v) is 6.43. The van der Waals surface area contributed by atoms with Gasteiger partial charge in [-0.1, -0.05) is 13.5 Å². The minimum absolute atomic E-state index is 0.0763. The zero-order chi connectivity index (χ0) is 15.0. The molecule has 0 aliphatic carbocycles. The number of aromatic nitrogens is 1. The molecule has 0 saturated carbocycles. The molecule has 0 saturated heterocycles. The normalized spacial score (nSPS) is 10.8. The van der Waals surface area contributed by atoms with Crippen molar-refractivity contribution < 1.29 is 14.7 Å². The minimum atomic E-state index is -0.978. The molecule has 2 aromatic rings. The summed E-state index contributed by atoms with van der Waals surface area (Å²) in [6, 6.07) is 5.13. The van der Waals surface area contributed by atoms with E-state index in [1.165, 1.54) is 0 Å². The molecule has 104 valence electrons. The Hall–Kier alpha value is -2.36. The van der Waals surface area contributed by atoms with E-state index in [0.29, 0.717) is 17.6 Å². The molecule has 1 N–H and O–H groups in total. The number of carboxylic acid groups (broad SMARTS) is 1. The van der Waals surface area contributed by atoms with Crippen molar-refractivity contribution in [3.63, 3.8) is 0 Å². The lowest BCUT2D eigenvalue weighted by atomic mass is 9.96. The van der Waals surface area contributed by atoms with Crippen molar-refractivity contribution in [3.8, 4) is 0 Å². The molecule has 4 nitrogen and oxygen atoms in total. The molecule has 0 aliphatic rings. The Morgan fingerprint density at radius 3 is 2.55 bits per heavy atom. The summed E-state index contributed by atoms with van der Waals surface area (Å²) in [6.45, 7) is 7.50. The topological polar surface area (TPSA) is 59.3 Å². The molecule has 1 heterocycles. The van der Waals surface area contributed by atoms with Crippen LogP contribution in [0, 0.1) is 6.92 Å². The highest BCUT2D eigenvalue weighted by atomic mass is 16.4. The van der Waals surface area contributed by atoms with Gasteiger partial charge < -0.3 is 9.67 Å². The third-order valence-corrected chi connectivity index (χ3v) is 3.71. The molecule has 0 bridgehead atoms. The summed E-state index contributed by atoms with van der Waals surface area (Å²) >= 11 is 0. The standard InChI is InChI=1S/C16H17NO3/c1-5-9(2)15(18)11-6-7-13-12(10(11)3)8-14(16(19)20)17(13)4/h6-8H,2,5H2,1,3-4H3,(H,19,20). The lowest BCUT2D eigenvalue weighted by molar-refractivity contribution is 0.0687. The van der Waals surface area contributed by atoms with Crippen LogP contribution in [-0.4, -0.2) is 21.4 Å². The van der Waals surface area contributed by atoms with Crippen molar-refractivity contribution in [2.24, 2.45) is 7.05 Å². The number of carbonyl (C=O) groups excluding carboxylic acids is 1. The number of rotatable bonds is 4. The number of benzene rings is 1. The monoisotopic (exact) mass is 271 g/mol. The SMILES string of the molecule is C=C(CC)C(=O)c1ccc2c(cc(C(=O)O)n2C)c1C. The van der Waals surface area contributed by atoms with Gasteiger partial charge >= 0.3 is 5.97 Å². The van der Waals surface area contributed by atoms with Gasteiger partial charge in [0.15, 0.2) is 5.78 Å². The molecular formula is C16H17NO3. The number of fused-ring (bicyclic) bond motifs is 1. The number of Topliss-reactive ketones (excluding diaryl/α,β-unsaturated/α-hetero) is 1. The van der Waals surface area contributed by atoms with Crippen molar-refractivity contribution in [2.75, 3.05) is 0 Å². The highest BCUT2D eigenvalue weighted by molar-refractivity contribution is 6.12. The van der Waals surface area contributed by atoms with Crippen LogP contribution in [0.5, 0.6) is 0 Å². The first-order chi connectivity index (χ1) is 9.38. The molecule has 0 radical (unpaired) electrons. The molecule has 1 aromatic heterocycles. The van der Waals surface area contributed by atoms with Crippen LogP contribution in [0.2, 0.25) is 0 Å². The lowest BCUT2D eigenvalue weighted by Gasteiger charge is -2.08. The third kappa shape index (κ3) is 2.03. The largest absolute Gasteiger partial charge is 0.477 e. The van der Waals surface area contributed by atoms with Crippen LogP contribution in [0.25, 0.3) is 10.9 Å². The van der Waals surface area contributed by atoms with E-state index in [1.807, 2.05) is 13.8 Å². The summed E-state index contributed by atoms with van der Waals surface area (Å²) < 4.78 is 1.62. The van der Waals surface area contributed by atoms with Gasteiger partial charge in [0.05, 0.1) is 0 Å². The van der Waals surface area contributed by atoms with E-state index in [9.17, 15) is 9.59 Å². The highest BCUT2D eigenvalue weighted by Crippen LogP contribution is 2.26. The Bertz CT molecular complexity index is 738. The third-order valence-electron chi connectivity index (χ3n) is 3.71. The number of aryl methyl sites for hydroxylation is 2. The van der Waals surface area contributed by atoms with Gasteiger partial charge in [0, 0.05) is 23.5 Å². The van der Waals surface area contributed by atoms with Crippen LogP contribution in [0.3, 0.4) is 0 Å². The molecule has 0 unspecified atom stereocenters. The molecule has 4 heteroatoms. The van der Waals surface area contributed by atoms with E-state index in [-0.39, 0.29) is 11.5 Å². The molecule has 0 fully saturated rings. The van der Waals surface area contributed by atoms with Crippen molar-refractivity contribution in [2.45, 2.75) is 20.3 Å². The lowest BCUT2D eigenvalue weighted by Crippen LogP contribution is -2.05. The van der Waals surface area contributed by atoms with Gasteiger partial charge in [-0.2, -0.15) is 0 Å². The summed E-state index contributed by atoms with van der Waals surface area (Å²) in [7, 11) is 1.71. The van der Waals surface area contributed by atoms with Crippen LogP contribution < -0.4 is 0 Å². The zero-order valence-corrected chi connectivity index (χ0v) is 11.9. The Kier molecular flexibility index (Phi) is 3.49. The Balaban J connectivity index is 2.69. The van der Waals surface area contributed by atoms with Gasteiger partial charge in [-0.15, -0.1) is 0 Å². The van der Waals surface area contributed by atoms with E-state index >= 15 is 0 Å². The number of hydrogen-bond acceptors (Lipinski definition) is 2. The predicted molar refractivity (Wildman–Crippen MR) is 78.4 cm³/mol. The van der Waals surface area contributed by atoms with Crippen LogP contribution in [-0.2, 0) is 7.05 Å². The number of aromatic carboxylic acids is 1. The quantitative estimate of drug-likeness (QED) is 0.685. The van der Waals surface area contributed by atoms with Gasteiger partial charge in [-0.3, -0.25) is 4.79 Å². The van der Waals surface area contributed by atoms with E-state index in [1.54, 1.807) is 29.8 Å². The maximum absolute atomic E-state index is 12.2. The van der Waals surface area contributed by atoms with Crippen molar-refractivity contribution in [1.29, 1.82) is 0 Å². The summed E-state index contributed by atoms with van der Waals surface area (Å²) in [6.07, 6.45) is 0.603. The van der Waals surface area contributed by atoms with E-state index in [0.717, 1.165) is 16.5 Å². The van der Waals surface area contributed by atoms with E-state index < -0.39 is 5.97 Å². The number of carbonyl (C=O) groups is 2. The number of ketones is 1. The molecule has 0 aliphatic heterocycles. The molecule has 0 spiro atoms. The minimum Gasteiger partial charge on any atom is -0.477 e. The Morgan fingerprint density at radius 1 is 1.35 bits per heavy atom. The zero-order valence-electron chi connectivity index (χ0n) is 11.9. The molecule has 2 rings (SSSR count). The first-order valence-electron chi connectivity index (χ1n) is 6.43. The average molecular weight is 271 g/mol. The summed E-state index contributed by atoms with van der Waals surface area (Å²) in [5.74, 6) is -1.05. The summed E-state index contributed by atoms with van der Waals surface area (Å²) in [5.41, 5.74) is 2.96. The fourth-order valence-corrected chi connectivity index (χ4v) is 2.35. The van der Waals surface area contributed by atoms with Gasteiger partial charge in [0.25, 0.3) is 0 Å². The number of allylic oxidation sites excluding steroid dienone is 1. The smallest absolute Gasteiger partial charge is 0.352 e. The second kappa shape index (κ2) is 4.96. The first kappa shape index (κ1) is 14.1. The number of nitrogens with zero attached hydrogens (tertiary/aromatic N) is 1. The molecule has 1 aromatic carbocycles. The van der Waals surface area contributed by atoms with Crippen LogP contribution in [0.15, 0.2) is 30.4 Å². The number of hydrogen-bond donors (Lipinski definition) is 1. The maximum Gasteiger partial charge on any atom is 0.352 e. The van der Waals surface area contributed by atoms with Crippen molar-refractivity contribution >= 4 is 22.7 Å².